The molecule has 2 aromatic rings. The molecule has 126 valence electrons. The average molecular weight is 345 g/mol. The highest BCUT2D eigenvalue weighted by atomic mass is 35.5. The topological polar surface area (TPSA) is 58.1 Å². The van der Waals surface area contributed by atoms with Crippen molar-refractivity contribution in [2.45, 2.75) is 26.2 Å². The Morgan fingerprint density at radius 2 is 1.92 bits per heavy atom. The summed E-state index contributed by atoms with van der Waals surface area (Å²) in [7, 11) is 0. The number of aryl methyl sites for hydroxylation is 1. The van der Waals surface area contributed by atoms with Crippen molar-refractivity contribution in [2.24, 2.45) is 0 Å². The molecule has 1 aromatic heterocycles. The Morgan fingerprint density at radius 3 is 2.62 bits per heavy atom. The second-order valence-electron chi connectivity index (χ2n) is 5.99. The van der Waals surface area contributed by atoms with Crippen molar-refractivity contribution in [2.75, 3.05) is 24.5 Å². The van der Waals surface area contributed by atoms with Gasteiger partial charge in [0.25, 0.3) is 5.91 Å². The molecular formula is C18H21ClN4O. The van der Waals surface area contributed by atoms with Crippen LogP contribution in [0, 0.1) is 6.92 Å². The van der Waals surface area contributed by atoms with Gasteiger partial charge in [-0.2, -0.15) is 0 Å². The van der Waals surface area contributed by atoms with Crippen LogP contribution in [0.3, 0.4) is 0 Å². The summed E-state index contributed by atoms with van der Waals surface area (Å²) in [5.74, 6) is 1.32. The normalized spacial score (nSPS) is 14.0. The molecule has 1 N–H and O–H groups in total. The molecule has 1 amide bonds. The number of aromatic nitrogens is 2. The summed E-state index contributed by atoms with van der Waals surface area (Å²) in [5.41, 5.74) is 1.57. The van der Waals surface area contributed by atoms with E-state index in [1.807, 2.05) is 31.2 Å². The molecule has 1 aromatic carbocycles. The highest BCUT2D eigenvalue weighted by molar-refractivity contribution is 6.30. The lowest BCUT2D eigenvalue weighted by Crippen LogP contribution is -2.28. The lowest BCUT2D eigenvalue weighted by Gasteiger charge is -2.17. The van der Waals surface area contributed by atoms with E-state index in [4.69, 9.17) is 11.6 Å². The lowest BCUT2D eigenvalue weighted by atomic mass is 10.1. The summed E-state index contributed by atoms with van der Waals surface area (Å²) in [5, 5.41) is 3.64. The molecule has 1 saturated heterocycles. The second-order valence-corrected chi connectivity index (χ2v) is 6.42. The molecule has 1 aliphatic heterocycles. The first-order chi connectivity index (χ1) is 11.6. The molecule has 6 heteroatoms. The van der Waals surface area contributed by atoms with Gasteiger partial charge in [-0.05, 0) is 43.9 Å². The van der Waals surface area contributed by atoms with E-state index in [1.54, 1.807) is 6.07 Å². The van der Waals surface area contributed by atoms with Gasteiger partial charge in [-0.25, -0.2) is 9.97 Å². The maximum Gasteiger partial charge on any atom is 0.270 e. The minimum Gasteiger partial charge on any atom is -0.356 e. The molecule has 1 aliphatic rings. The number of carbonyl (C=O) groups excluding carboxylic acids is 1. The van der Waals surface area contributed by atoms with Gasteiger partial charge < -0.3 is 10.2 Å². The largest absolute Gasteiger partial charge is 0.356 e. The van der Waals surface area contributed by atoms with Gasteiger partial charge in [0.05, 0.1) is 0 Å². The molecule has 0 radical (unpaired) electrons. The maximum atomic E-state index is 12.4. The first kappa shape index (κ1) is 16.7. The van der Waals surface area contributed by atoms with Crippen molar-refractivity contribution >= 4 is 23.3 Å². The SMILES string of the molecule is Cc1nc(C(=O)NCCc2ccc(Cl)cc2)cc(N2CCCC2)n1. The number of nitrogens with zero attached hydrogens (tertiary/aromatic N) is 3. The molecular weight excluding hydrogens is 324 g/mol. The number of carbonyl (C=O) groups is 1. The fourth-order valence-corrected chi connectivity index (χ4v) is 2.96. The third-order valence-corrected chi connectivity index (χ3v) is 4.35. The highest BCUT2D eigenvalue weighted by Gasteiger charge is 2.17. The van der Waals surface area contributed by atoms with Crippen molar-refractivity contribution in [1.82, 2.24) is 15.3 Å². The molecule has 0 unspecified atom stereocenters. The summed E-state index contributed by atoms with van der Waals surface area (Å²) < 4.78 is 0. The minimum atomic E-state index is -0.157. The van der Waals surface area contributed by atoms with E-state index < -0.39 is 0 Å². The quantitative estimate of drug-likeness (QED) is 0.905. The zero-order chi connectivity index (χ0) is 16.9. The molecule has 2 heterocycles. The van der Waals surface area contributed by atoms with E-state index in [-0.39, 0.29) is 5.91 Å². The Hall–Kier alpha value is -2.14. The van der Waals surface area contributed by atoms with E-state index in [0.29, 0.717) is 23.1 Å². The number of rotatable bonds is 5. The van der Waals surface area contributed by atoms with Crippen LogP contribution in [0.1, 0.15) is 34.7 Å². The predicted octanol–water partition coefficient (Wildman–Crippen LogP) is 3.01. The molecule has 3 rings (SSSR count). The number of amides is 1. The van der Waals surface area contributed by atoms with E-state index in [1.165, 1.54) is 12.8 Å². The van der Waals surface area contributed by atoms with Crippen LogP contribution in [0.15, 0.2) is 30.3 Å². The second kappa shape index (κ2) is 7.62. The third kappa shape index (κ3) is 4.23. The van der Waals surface area contributed by atoms with Crippen molar-refractivity contribution in [1.29, 1.82) is 0 Å². The van der Waals surface area contributed by atoms with Crippen LogP contribution in [-0.2, 0) is 6.42 Å². The number of halogens is 1. The van der Waals surface area contributed by atoms with Crippen LogP contribution in [0.4, 0.5) is 5.82 Å². The van der Waals surface area contributed by atoms with Crippen LogP contribution >= 0.6 is 11.6 Å². The summed E-state index contributed by atoms with van der Waals surface area (Å²) in [4.78, 5) is 23.3. The van der Waals surface area contributed by atoms with Gasteiger partial charge in [-0.3, -0.25) is 4.79 Å². The average Bonchev–Trinajstić information content (AvgIpc) is 3.10. The zero-order valence-electron chi connectivity index (χ0n) is 13.8. The number of nitrogens with one attached hydrogen (secondary N) is 1. The van der Waals surface area contributed by atoms with Crippen molar-refractivity contribution in [3.05, 3.63) is 52.4 Å². The smallest absolute Gasteiger partial charge is 0.270 e. The standard InChI is InChI=1S/C18H21ClN4O/c1-13-21-16(12-17(22-13)23-10-2-3-11-23)18(24)20-9-8-14-4-6-15(19)7-5-14/h4-7,12H,2-3,8-11H2,1H3,(H,20,24). The van der Waals surface area contributed by atoms with E-state index in [9.17, 15) is 4.79 Å². The van der Waals surface area contributed by atoms with Crippen molar-refractivity contribution in [3.8, 4) is 0 Å². The van der Waals surface area contributed by atoms with E-state index in [0.717, 1.165) is 30.9 Å². The Morgan fingerprint density at radius 1 is 1.21 bits per heavy atom. The predicted molar refractivity (Wildman–Crippen MR) is 95.7 cm³/mol. The van der Waals surface area contributed by atoms with Crippen LogP contribution in [-0.4, -0.2) is 35.5 Å². The highest BCUT2D eigenvalue weighted by Crippen LogP contribution is 2.18. The van der Waals surface area contributed by atoms with Gasteiger partial charge in [-0.15, -0.1) is 0 Å². The minimum absolute atomic E-state index is 0.157. The van der Waals surface area contributed by atoms with Crippen LogP contribution in [0.25, 0.3) is 0 Å². The number of anilines is 1. The maximum absolute atomic E-state index is 12.4. The molecule has 0 saturated carbocycles. The van der Waals surface area contributed by atoms with Crippen LogP contribution < -0.4 is 10.2 Å². The van der Waals surface area contributed by atoms with Crippen LogP contribution in [0.5, 0.6) is 0 Å². The van der Waals surface area contributed by atoms with Gasteiger partial charge in [0.15, 0.2) is 0 Å². The van der Waals surface area contributed by atoms with Crippen molar-refractivity contribution < 1.29 is 4.79 Å². The zero-order valence-corrected chi connectivity index (χ0v) is 14.5. The molecule has 0 bridgehead atoms. The Labute approximate surface area is 147 Å². The number of benzene rings is 1. The monoisotopic (exact) mass is 344 g/mol. The van der Waals surface area contributed by atoms with E-state index in [2.05, 4.69) is 20.2 Å². The van der Waals surface area contributed by atoms with Gasteiger partial charge in [0.2, 0.25) is 0 Å². The molecule has 0 aliphatic carbocycles. The summed E-state index contributed by atoms with van der Waals surface area (Å²) in [6.45, 7) is 4.37. The fraction of sp³-hybridized carbons (Fsp3) is 0.389. The summed E-state index contributed by atoms with van der Waals surface area (Å²) in [6, 6.07) is 9.43. The molecule has 24 heavy (non-hydrogen) atoms. The Balaban J connectivity index is 1.60. The van der Waals surface area contributed by atoms with Gasteiger partial charge >= 0.3 is 0 Å². The first-order valence-electron chi connectivity index (χ1n) is 8.25. The Bertz CT molecular complexity index is 711. The van der Waals surface area contributed by atoms with Gasteiger partial charge in [-0.1, -0.05) is 23.7 Å². The van der Waals surface area contributed by atoms with Gasteiger partial charge in [0, 0.05) is 30.7 Å². The first-order valence-corrected chi connectivity index (χ1v) is 8.63. The molecule has 0 spiro atoms. The summed E-state index contributed by atoms with van der Waals surface area (Å²) >= 11 is 5.87. The van der Waals surface area contributed by atoms with E-state index >= 15 is 0 Å². The fourth-order valence-electron chi connectivity index (χ4n) is 2.84. The van der Waals surface area contributed by atoms with Gasteiger partial charge in [0.1, 0.15) is 17.3 Å². The Kier molecular flexibility index (Phi) is 5.30. The number of hydrogen-bond acceptors (Lipinski definition) is 4. The molecule has 1 fully saturated rings. The lowest BCUT2D eigenvalue weighted by molar-refractivity contribution is 0.0948. The summed E-state index contributed by atoms with van der Waals surface area (Å²) in [6.07, 6.45) is 3.10. The number of hydrogen-bond donors (Lipinski definition) is 1. The molecule has 0 atom stereocenters. The van der Waals surface area contributed by atoms with Crippen molar-refractivity contribution in [3.63, 3.8) is 0 Å². The molecule has 5 nitrogen and oxygen atoms in total. The third-order valence-electron chi connectivity index (χ3n) is 4.10. The van der Waals surface area contributed by atoms with Crippen LogP contribution in [0.2, 0.25) is 5.02 Å².